The fourth-order valence-corrected chi connectivity index (χ4v) is 3.98. The van der Waals surface area contributed by atoms with Crippen LogP contribution in [0.2, 0.25) is 0 Å². The van der Waals surface area contributed by atoms with Crippen molar-refractivity contribution in [1.29, 1.82) is 0 Å². The number of carbonyl (C=O) groups is 2. The number of piperidine rings is 1. The van der Waals surface area contributed by atoms with Crippen LogP contribution in [0.3, 0.4) is 0 Å². The van der Waals surface area contributed by atoms with Crippen molar-refractivity contribution < 1.29 is 14.3 Å². The van der Waals surface area contributed by atoms with Crippen LogP contribution in [0.5, 0.6) is 0 Å². The van der Waals surface area contributed by atoms with Gasteiger partial charge in [-0.2, -0.15) is 0 Å². The number of amides is 2. The van der Waals surface area contributed by atoms with Gasteiger partial charge in [0, 0.05) is 32.6 Å². The maximum atomic E-state index is 12.0. The van der Waals surface area contributed by atoms with Gasteiger partial charge in [0.05, 0.1) is 6.04 Å². The number of unbranched alkanes of at least 4 members (excludes halogenated alkanes) is 1. The lowest BCUT2D eigenvalue weighted by atomic mass is 9.96. The Morgan fingerprint density at radius 2 is 1.81 bits per heavy atom. The molecule has 1 atom stereocenters. The summed E-state index contributed by atoms with van der Waals surface area (Å²) in [5.74, 6) is 0.779. The first-order valence-corrected chi connectivity index (χ1v) is 11.1. The molecule has 2 heterocycles. The number of hydrogen-bond acceptors (Lipinski definition) is 5. The number of alkyl carbamates (subject to hydrolysis) is 1. The van der Waals surface area contributed by atoms with E-state index in [0.717, 1.165) is 77.3 Å². The summed E-state index contributed by atoms with van der Waals surface area (Å²) in [6.07, 6.45) is 4.44. The average Bonchev–Trinajstić information content (AvgIpc) is 3.11. The summed E-state index contributed by atoms with van der Waals surface area (Å²) in [6, 6.07) is 0.0710. The van der Waals surface area contributed by atoms with E-state index in [2.05, 4.69) is 25.4 Å². The Morgan fingerprint density at radius 1 is 1.13 bits per heavy atom. The highest BCUT2D eigenvalue weighted by Gasteiger charge is 2.28. The van der Waals surface area contributed by atoms with Crippen molar-refractivity contribution >= 4 is 41.9 Å². The molecule has 2 amide bonds. The third kappa shape index (κ3) is 10.2. The SMILES string of the molecule is CN=C(NCCCCN1CCC(C(N)=O)CC1)N1CCC(NC(=O)OC(C)(C)C)C1.I. The molecule has 0 saturated carbocycles. The van der Waals surface area contributed by atoms with E-state index in [1.807, 2.05) is 20.8 Å². The van der Waals surface area contributed by atoms with Gasteiger partial charge in [0.15, 0.2) is 5.96 Å². The predicted octanol–water partition coefficient (Wildman–Crippen LogP) is 1.76. The highest BCUT2D eigenvalue weighted by Crippen LogP contribution is 2.17. The molecule has 9 nitrogen and oxygen atoms in total. The van der Waals surface area contributed by atoms with Crippen molar-refractivity contribution in [2.24, 2.45) is 16.6 Å². The molecule has 0 aromatic rings. The highest BCUT2D eigenvalue weighted by molar-refractivity contribution is 14.0. The smallest absolute Gasteiger partial charge is 0.407 e. The minimum Gasteiger partial charge on any atom is -0.444 e. The van der Waals surface area contributed by atoms with E-state index in [1.54, 1.807) is 7.05 Å². The van der Waals surface area contributed by atoms with Gasteiger partial charge in [0.2, 0.25) is 5.91 Å². The lowest BCUT2D eigenvalue weighted by molar-refractivity contribution is -0.123. The maximum Gasteiger partial charge on any atom is 0.407 e. The van der Waals surface area contributed by atoms with E-state index >= 15 is 0 Å². The van der Waals surface area contributed by atoms with E-state index in [4.69, 9.17) is 10.5 Å². The van der Waals surface area contributed by atoms with E-state index in [1.165, 1.54) is 0 Å². The molecule has 0 spiro atoms. The van der Waals surface area contributed by atoms with Crippen molar-refractivity contribution in [1.82, 2.24) is 20.4 Å². The van der Waals surface area contributed by atoms with Crippen LogP contribution >= 0.6 is 24.0 Å². The third-order valence-electron chi connectivity index (χ3n) is 5.59. The Balaban J connectivity index is 0.00000480. The van der Waals surface area contributed by atoms with Gasteiger partial charge in [0.1, 0.15) is 5.60 Å². The molecule has 0 aliphatic carbocycles. The molecule has 0 aromatic heterocycles. The second kappa shape index (κ2) is 13.3. The molecule has 2 fully saturated rings. The molecule has 2 aliphatic heterocycles. The van der Waals surface area contributed by atoms with Gasteiger partial charge in [-0.05, 0) is 72.5 Å². The molecule has 31 heavy (non-hydrogen) atoms. The summed E-state index contributed by atoms with van der Waals surface area (Å²) in [7, 11) is 1.79. The van der Waals surface area contributed by atoms with Crippen LogP contribution in [-0.2, 0) is 9.53 Å². The second-order valence-corrected chi connectivity index (χ2v) is 9.28. The molecule has 10 heteroatoms. The number of hydrogen-bond donors (Lipinski definition) is 3. The maximum absolute atomic E-state index is 12.0. The highest BCUT2D eigenvalue weighted by atomic mass is 127. The zero-order chi connectivity index (χ0) is 22.1. The van der Waals surface area contributed by atoms with Gasteiger partial charge in [-0.3, -0.25) is 9.79 Å². The number of aliphatic imine (C=N–C) groups is 1. The molecule has 180 valence electrons. The van der Waals surface area contributed by atoms with Crippen LogP contribution in [0, 0.1) is 5.92 Å². The first-order chi connectivity index (χ1) is 14.2. The number of nitrogens with one attached hydrogen (secondary N) is 2. The Bertz CT molecular complexity index is 602. The fourth-order valence-electron chi connectivity index (χ4n) is 3.98. The standard InChI is InChI=1S/C21H40N6O3.HI/c1-21(2,3)30-20(29)25-17-9-14-27(15-17)19(23-4)24-10-5-6-11-26-12-7-16(8-13-26)18(22)28;/h16-17H,5-15H2,1-4H3,(H2,22,28)(H,23,24)(H,25,29);1H. The molecule has 0 aromatic carbocycles. The van der Waals surface area contributed by atoms with E-state index in [0.29, 0.717) is 0 Å². The van der Waals surface area contributed by atoms with Gasteiger partial charge in [-0.25, -0.2) is 4.79 Å². The van der Waals surface area contributed by atoms with Crippen molar-refractivity contribution in [2.45, 2.75) is 64.5 Å². The quantitative estimate of drug-likeness (QED) is 0.192. The minimum atomic E-state index is -0.488. The monoisotopic (exact) mass is 552 g/mol. The Hall–Kier alpha value is -1.30. The molecule has 2 aliphatic rings. The molecule has 4 N–H and O–H groups in total. The van der Waals surface area contributed by atoms with Crippen LogP contribution < -0.4 is 16.4 Å². The molecule has 2 saturated heterocycles. The van der Waals surface area contributed by atoms with Gasteiger partial charge in [-0.15, -0.1) is 24.0 Å². The fraction of sp³-hybridized carbons (Fsp3) is 0.857. The largest absolute Gasteiger partial charge is 0.444 e. The second-order valence-electron chi connectivity index (χ2n) is 9.28. The number of guanidine groups is 1. The van der Waals surface area contributed by atoms with Gasteiger partial charge in [-0.1, -0.05) is 0 Å². The topological polar surface area (TPSA) is 112 Å². The number of likely N-dealkylation sites (tertiary alicyclic amines) is 2. The van der Waals surface area contributed by atoms with E-state index < -0.39 is 5.60 Å². The molecule has 2 rings (SSSR count). The predicted molar refractivity (Wildman–Crippen MR) is 134 cm³/mol. The summed E-state index contributed by atoms with van der Waals surface area (Å²) in [5, 5.41) is 6.38. The minimum absolute atomic E-state index is 0. The van der Waals surface area contributed by atoms with Crippen LogP contribution in [-0.4, -0.2) is 85.7 Å². The number of ether oxygens (including phenoxy) is 1. The summed E-state index contributed by atoms with van der Waals surface area (Å²) in [5.41, 5.74) is 4.91. The first-order valence-electron chi connectivity index (χ1n) is 11.1. The molecule has 0 bridgehead atoms. The number of primary amides is 1. The third-order valence-corrected chi connectivity index (χ3v) is 5.59. The zero-order valence-corrected chi connectivity index (χ0v) is 21.8. The summed E-state index contributed by atoms with van der Waals surface area (Å²) in [6.45, 7) is 11.0. The van der Waals surface area contributed by atoms with Crippen LogP contribution in [0.25, 0.3) is 0 Å². The van der Waals surface area contributed by atoms with Crippen molar-refractivity contribution in [3.8, 4) is 0 Å². The number of nitrogens with zero attached hydrogens (tertiary/aromatic N) is 3. The van der Waals surface area contributed by atoms with Crippen LogP contribution in [0.15, 0.2) is 4.99 Å². The Kier molecular flexibility index (Phi) is 11.9. The van der Waals surface area contributed by atoms with Crippen molar-refractivity contribution in [3.63, 3.8) is 0 Å². The zero-order valence-electron chi connectivity index (χ0n) is 19.5. The van der Waals surface area contributed by atoms with E-state index in [-0.39, 0.29) is 47.9 Å². The van der Waals surface area contributed by atoms with Crippen LogP contribution in [0.4, 0.5) is 4.79 Å². The summed E-state index contributed by atoms with van der Waals surface area (Å²) in [4.78, 5) is 32.2. The number of rotatable bonds is 7. The molecular formula is C21H41IN6O3. The average molecular weight is 553 g/mol. The number of carbonyl (C=O) groups excluding carboxylic acids is 2. The van der Waals surface area contributed by atoms with Gasteiger partial charge < -0.3 is 30.9 Å². The first kappa shape index (κ1) is 27.7. The summed E-state index contributed by atoms with van der Waals surface area (Å²) < 4.78 is 5.34. The Labute approximate surface area is 203 Å². The Morgan fingerprint density at radius 3 is 2.39 bits per heavy atom. The number of halogens is 1. The lowest BCUT2D eigenvalue weighted by Gasteiger charge is -2.30. The molecule has 1 unspecified atom stereocenters. The van der Waals surface area contributed by atoms with Crippen LogP contribution in [0.1, 0.15) is 52.9 Å². The van der Waals surface area contributed by atoms with Crippen molar-refractivity contribution in [3.05, 3.63) is 0 Å². The van der Waals surface area contributed by atoms with E-state index in [9.17, 15) is 9.59 Å². The normalized spacial score (nSPS) is 20.8. The molecule has 0 radical (unpaired) electrons. The summed E-state index contributed by atoms with van der Waals surface area (Å²) >= 11 is 0. The van der Waals surface area contributed by atoms with Gasteiger partial charge in [0.25, 0.3) is 0 Å². The molecular weight excluding hydrogens is 511 g/mol. The lowest BCUT2D eigenvalue weighted by Crippen LogP contribution is -2.44. The van der Waals surface area contributed by atoms with Crippen molar-refractivity contribution in [2.75, 3.05) is 46.3 Å². The number of nitrogens with two attached hydrogens (primary N) is 1. The van der Waals surface area contributed by atoms with Gasteiger partial charge >= 0.3 is 6.09 Å².